The quantitative estimate of drug-likeness (QED) is 0.674. The van der Waals surface area contributed by atoms with Crippen LogP contribution in [0.3, 0.4) is 0 Å². The lowest BCUT2D eigenvalue weighted by Crippen LogP contribution is -2.31. The smallest absolute Gasteiger partial charge is 0.289 e. The molecule has 1 heterocycles. The van der Waals surface area contributed by atoms with Crippen LogP contribution >= 0.6 is 11.6 Å². The van der Waals surface area contributed by atoms with Gasteiger partial charge in [0.2, 0.25) is 5.95 Å². The average molecular weight is 394 g/mol. The number of amides is 1. The number of carbonyl (C=O) groups is 2. The van der Waals surface area contributed by atoms with Gasteiger partial charge in [-0.15, -0.1) is 0 Å². The number of anilines is 1. The number of hydrogen-bond donors (Lipinski definition) is 1. The molecular weight excluding hydrogens is 383 g/mol. The van der Waals surface area contributed by atoms with Crippen LogP contribution in [0.2, 0.25) is 5.02 Å². The molecule has 0 bridgehead atoms. The molecule has 0 fully saturated rings. The normalized spacial score (nSPS) is 11.3. The minimum absolute atomic E-state index is 0.186. The van der Waals surface area contributed by atoms with E-state index in [2.05, 4.69) is 4.98 Å². The van der Waals surface area contributed by atoms with Crippen LogP contribution in [0, 0.1) is 0 Å². The van der Waals surface area contributed by atoms with E-state index in [0.29, 0.717) is 5.56 Å². The number of carbonyl (C=O) groups excluding carboxylic acids is 2. The van der Waals surface area contributed by atoms with Gasteiger partial charge in [-0.3, -0.25) is 19.5 Å². The third-order valence-corrected chi connectivity index (χ3v) is 3.86. The fourth-order valence-corrected chi connectivity index (χ4v) is 2.57. The van der Waals surface area contributed by atoms with Crippen molar-refractivity contribution in [2.75, 3.05) is 5.32 Å². The van der Waals surface area contributed by atoms with E-state index >= 15 is 0 Å². The van der Waals surface area contributed by atoms with Crippen molar-refractivity contribution in [3.63, 3.8) is 0 Å². The van der Waals surface area contributed by atoms with Crippen LogP contribution in [-0.2, 0) is 4.79 Å². The van der Waals surface area contributed by atoms with Crippen LogP contribution in [0.15, 0.2) is 60.9 Å². The van der Waals surface area contributed by atoms with Crippen LogP contribution in [0.4, 0.5) is 19.1 Å². The number of imidazole rings is 1. The van der Waals surface area contributed by atoms with E-state index in [1.54, 1.807) is 35.6 Å². The summed E-state index contributed by atoms with van der Waals surface area (Å²) in [6.07, 6.45) is -2.56. The van der Waals surface area contributed by atoms with Gasteiger partial charge in [-0.25, -0.2) is 4.98 Å². The highest BCUT2D eigenvalue weighted by Crippen LogP contribution is 2.26. The summed E-state index contributed by atoms with van der Waals surface area (Å²) in [7, 11) is 0. The third-order valence-electron chi connectivity index (χ3n) is 3.62. The lowest BCUT2D eigenvalue weighted by Gasteiger charge is -2.14. The monoisotopic (exact) mass is 393 g/mol. The SMILES string of the molecule is O=C(c1ccccc1)c1ccc(Cl)cc1-n1ccnc1NC(=O)C(F)(F)F. The molecule has 27 heavy (non-hydrogen) atoms. The first-order valence-electron chi connectivity index (χ1n) is 7.58. The Hall–Kier alpha value is -3.13. The number of nitrogens with zero attached hydrogens (tertiary/aromatic N) is 2. The Morgan fingerprint density at radius 1 is 1.07 bits per heavy atom. The maximum Gasteiger partial charge on any atom is 0.471 e. The van der Waals surface area contributed by atoms with Crippen LogP contribution in [0.25, 0.3) is 5.69 Å². The molecule has 138 valence electrons. The topological polar surface area (TPSA) is 64.0 Å². The molecule has 0 saturated carbocycles. The standard InChI is InChI=1S/C18H11ClF3N3O2/c19-12-6-7-13(15(26)11-4-2-1-3-5-11)14(10-12)25-9-8-23-17(25)24-16(27)18(20,21)22/h1-10H,(H,23,24,27). The summed E-state index contributed by atoms with van der Waals surface area (Å²) in [4.78, 5) is 27.8. The summed E-state index contributed by atoms with van der Waals surface area (Å²) in [5.74, 6) is -2.92. The first-order valence-corrected chi connectivity index (χ1v) is 7.96. The second-order valence-corrected chi connectivity index (χ2v) is 5.87. The van der Waals surface area contributed by atoms with E-state index in [4.69, 9.17) is 11.6 Å². The molecular formula is C18H11ClF3N3O2. The molecule has 0 saturated heterocycles. The summed E-state index contributed by atoms with van der Waals surface area (Å²) >= 11 is 6.00. The maximum absolute atomic E-state index is 12.8. The molecule has 0 aliphatic carbocycles. The van der Waals surface area contributed by atoms with E-state index in [0.717, 1.165) is 4.57 Å². The van der Waals surface area contributed by atoms with Crippen LogP contribution in [0.5, 0.6) is 0 Å². The van der Waals surface area contributed by atoms with Gasteiger partial charge in [0.15, 0.2) is 5.78 Å². The van der Waals surface area contributed by atoms with Gasteiger partial charge in [0.05, 0.1) is 5.69 Å². The number of rotatable bonds is 4. The number of nitrogens with one attached hydrogen (secondary N) is 1. The van der Waals surface area contributed by atoms with Gasteiger partial charge in [-0.05, 0) is 18.2 Å². The molecule has 0 spiro atoms. The molecule has 1 aromatic heterocycles. The zero-order valence-electron chi connectivity index (χ0n) is 13.5. The molecule has 2 aromatic carbocycles. The van der Waals surface area contributed by atoms with Gasteiger partial charge in [-0.1, -0.05) is 41.9 Å². The van der Waals surface area contributed by atoms with Crippen molar-refractivity contribution in [1.29, 1.82) is 0 Å². The highest BCUT2D eigenvalue weighted by Gasteiger charge is 2.39. The van der Waals surface area contributed by atoms with Crippen molar-refractivity contribution in [3.8, 4) is 5.69 Å². The predicted octanol–water partition coefficient (Wildman–Crippen LogP) is 4.26. The number of ketones is 1. The Morgan fingerprint density at radius 3 is 2.44 bits per heavy atom. The van der Waals surface area contributed by atoms with Gasteiger partial charge in [0.25, 0.3) is 0 Å². The van der Waals surface area contributed by atoms with E-state index in [9.17, 15) is 22.8 Å². The van der Waals surface area contributed by atoms with Crippen LogP contribution < -0.4 is 5.32 Å². The average Bonchev–Trinajstić information content (AvgIpc) is 3.09. The first-order chi connectivity index (χ1) is 12.8. The van der Waals surface area contributed by atoms with Crippen molar-refractivity contribution >= 4 is 29.2 Å². The number of alkyl halides is 3. The van der Waals surface area contributed by atoms with Crippen molar-refractivity contribution in [2.24, 2.45) is 0 Å². The van der Waals surface area contributed by atoms with Crippen molar-refractivity contribution in [2.45, 2.75) is 6.18 Å². The zero-order chi connectivity index (χ0) is 19.6. The number of halogens is 4. The molecule has 3 aromatic rings. The van der Waals surface area contributed by atoms with Crippen molar-refractivity contribution in [3.05, 3.63) is 77.1 Å². The molecule has 0 aliphatic heterocycles. The Kier molecular flexibility index (Phi) is 5.00. The Bertz CT molecular complexity index is 1000. The fourth-order valence-electron chi connectivity index (χ4n) is 2.40. The third kappa shape index (κ3) is 4.01. The second-order valence-electron chi connectivity index (χ2n) is 5.43. The van der Waals surface area contributed by atoms with E-state index in [-0.39, 0.29) is 28.0 Å². The zero-order valence-corrected chi connectivity index (χ0v) is 14.3. The highest BCUT2D eigenvalue weighted by molar-refractivity contribution is 6.31. The van der Waals surface area contributed by atoms with Crippen LogP contribution in [-0.4, -0.2) is 27.4 Å². The lowest BCUT2D eigenvalue weighted by atomic mass is 10.0. The summed E-state index contributed by atoms with van der Waals surface area (Å²) < 4.78 is 38.8. The summed E-state index contributed by atoms with van der Waals surface area (Å²) in [6.45, 7) is 0. The second kappa shape index (κ2) is 7.24. The molecule has 5 nitrogen and oxygen atoms in total. The first kappa shape index (κ1) is 18.7. The lowest BCUT2D eigenvalue weighted by molar-refractivity contribution is -0.167. The molecule has 1 N–H and O–H groups in total. The van der Waals surface area contributed by atoms with Gasteiger partial charge >= 0.3 is 12.1 Å². The number of aromatic nitrogens is 2. The largest absolute Gasteiger partial charge is 0.471 e. The molecule has 3 rings (SSSR count). The Balaban J connectivity index is 2.06. The van der Waals surface area contributed by atoms with E-state index in [1.807, 2.05) is 0 Å². The van der Waals surface area contributed by atoms with E-state index in [1.165, 1.54) is 30.6 Å². The van der Waals surface area contributed by atoms with Gasteiger partial charge in [-0.2, -0.15) is 13.2 Å². The fraction of sp³-hybridized carbons (Fsp3) is 0.0556. The van der Waals surface area contributed by atoms with Gasteiger partial charge in [0.1, 0.15) is 0 Å². The van der Waals surface area contributed by atoms with Crippen LogP contribution in [0.1, 0.15) is 15.9 Å². The Morgan fingerprint density at radius 2 is 1.78 bits per heavy atom. The molecule has 0 radical (unpaired) electrons. The minimum atomic E-state index is -5.08. The summed E-state index contributed by atoms with van der Waals surface area (Å²) in [6, 6.07) is 12.7. The molecule has 0 unspecified atom stereocenters. The highest BCUT2D eigenvalue weighted by atomic mass is 35.5. The molecule has 0 aliphatic rings. The molecule has 9 heteroatoms. The molecule has 1 amide bonds. The number of hydrogen-bond acceptors (Lipinski definition) is 3. The van der Waals surface area contributed by atoms with Crippen molar-refractivity contribution < 1.29 is 22.8 Å². The summed E-state index contributed by atoms with van der Waals surface area (Å²) in [5.41, 5.74) is 0.763. The summed E-state index contributed by atoms with van der Waals surface area (Å²) in [5, 5.41) is 1.95. The maximum atomic E-state index is 12.8. The Labute approximate surface area is 156 Å². The minimum Gasteiger partial charge on any atom is -0.289 e. The van der Waals surface area contributed by atoms with Gasteiger partial charge in [0, 0.05) is 28.5 Å². The molecule has 0 atom stereocenters. The van der Waals surface area contributed by atoms with Gasteiger partial charge < -0.3 is 0 Å². The number of benzene rings is 2. The van der Waals surface area contributed by atoms with E-state index < -0.39 is 12.1 Å². The van der Waals surface area contributed by atoms with Crippen molar-refractivity contribution in [1.82, 2.24) is 9.55 Å². The predicted molar refractivity (Wildman–Crippen MR) is 93.1 cm³/mol.